The lowest BCUT2D eigenvalue weighted by Gasteiger charge is -2.19. The van der Waals surface area contributed by atoms with Crippen molar-refractivity contribution in [2.75, 3.05) is 18.2 Å². The summed E-state index contributed by atoms with van der Waals surface area (Å²) in [6.07, 6.45) is 0. The highest BCUT2D eigenvalue weighted by molar-refractivity contribution is 6.11. The molecule has 2 aromatic heterocycles. The molecule has 0 aliphatic heterocycles. The van der Waals surface area contributed by atoms with Gasteiger partial charge in [0, 0.05) is 14.1 Å². The first-order valence-electron chi connectivity index (χ1n) is 9.02. The number of hydrogen-bond donors (Lipinski definition) is 2. The minimum Gasteiger partial charge on any atom is -0.495 e. The van der Waals surface area contributed by atoms with Crippen molar-refractivity contribution < 1.29 is 9.53 Å². The van der Waals surface area contributed by atoms with Gasteiger partial charge >= 0.3 is 5.69 Å². The van der Waals surface area contributed by atoms with Gasteiger partial charge in [0.2, 0.25) is 0 Å². The molecule has 0 atom stereocenters. The van der Waals surface area contributed by atoms with Crippen LogP contribution in [-0.2, 0) is 14.1 Å². The molecular formula is C20H23N5O4. The summed E-state index contributed by atoms with van der Waals surface area (Å²) >= 11 is 0. The third kappa shape index (κ3) is 3.24. The van der Waals surface area contributed by atoms with E-state index in [1.807, 2.05) is 13.8 Å². The largest absolute Gasteiger partial charge is 0.495 e. The number of nitrogen functional groups attached to an aromatic ring is 1. The first-order chi connectivity index (χ1) is 13.7. The Hall–Kier alpha value is -3.62. The van der Waals surface area contributed by atoms with E-state index >= 15 is 0 Å². The van der Waals surface area contributed by atoms with Crippen LogP contribution >= 0.6 is 0 Å². The molecule has 1 amide bonds. The van der Waals surface area contributed by atoms with Gasteiger partial charge in [-0.15, -0.1) is 0 Å². The number of rotatable bonds is 4. The number of fused-ring (bicyclic) bond motifs is 1. The number of anilines is 2. The van der Waals surface area contributed by atoms with Crippen molar-refractivity contribution in [3.63, 3.8) is 0 Å². The molecule has 0 aliphatic carbocycles. The van der Waals surface area contributed by atoms with Gasteiger partial charge in [0.25, 0.3) is 11.5 Å². The van der Waals surface area contributed by atoms with E-state index < -0.39 is 17.2 Å². The zero-order chi connectivity index (χ0) is 21.5. The van der Waals surface area contributed by atoms with Gasteiger partial charge in [-0.25, -0.2) is 9.78 Å². The number of benzene rings is 1. The molecule has 152 valence electrons. The van der Waals surface area contributed by atoms with Crippen LogP contribution in [-0.4, -0.2) is 27.1 Å². The molecule has 9 heteroatoms. The van der Waals surface area contributed by atoms with E-state index in [-0.39, 0.29) is 28.3 Å². The van der Waals surface area contributed by atoms with Crippen LogP contribution in [0.15, 0.2) is 33.9 Å². The Labute approximate surface area is 166 Å². The Balaban J connectivity index is 2.32. The van der Waals surface area contributed by atoms with Crippen molar-refractivity contribution in [1.82, 2.24) is 14.1 Å². The summed E-state index contributed by atoms with van der Waals surface area (Å²) in [5, 5.41) is 2.98. The van der Waals surface area contributed by atoms with Crippen LogP contribution in [0.1, 0.15) is 35.7 Å². The standard InChI is InChI=1S/C20H23N5O4/c1-10(2)13-14(18(26)22-11-8-6-7-9-12(11)29-5)16(21)23-17-15(13)19(27)25(4)20(28)24(17)3/h6-10H,1-5H3,(H2,21,23)(H,22,26). The smallest absolute Gasteiger partial charge is 0.332 e. The van der Waals surface area contributed by atoms with Gasteiger partial charge in [0.1, 0.15) is 11.6 Å². The van der Waals surface area contributed by atoms with Crippen LogP contribution in [0.4, 0.5) is 11.5 Å². The van der Waals surface area contributed by atoms with E-state index in [9.17, 15) is 14.4 Å². The van der Waals surface area contributed by atoms with Crippen LogP contribution < -0.4 is 27.0 Å². The number of methoxy groups -OCH3 is 1. The minimum atomic E-state index is -0.523. The van der Waals surface area contributed by atoms with Crippen molar-refractivity contribution in [2.45, 2.75) is 19.8 Å². The van der Waals surface area contributed by atoms with Crippen molar-refractivity contribution in [3.05, 3.63) is 56.2 Å². The fourth-order valence-electron chi connectivity index (χ4n) is 3.38. The summed E-state index contributed by atoms with van der Waals surface area (Å²) < 4.78 is 7.52. The molecule has 3 N–H and O–H groups in total. The molecule has 9 nitrogen and oxygen atoms in total. The number of hydrogen-bond acceptors (Lipinski definition) is 6. The van der Waals surface area contributed by atoms with E-state index in [0.717, 1.165) is 4.57 Å². The molecule has 0 aliphatic rings. The van der Waals surface area contributed by atoms with Crippen LogP contribution in [0.3, 0.4) is 0 Å². The van der Waals surface area contributed by atoms with Gasteiger partial charge in [-0.05, 0) is 23.6 Å². The number of nitrogens with one attached hydrogen (secondary N) is 1. The maximum absolute atomic E-state index is 13.2. The van der Waals surface area contributed by atoms with Gasteiger partial charge < -0.3 is 15.8 Å². The number of para-hydroxylation sites is 2. The summed E-state index contributed by atoms with van der Waals surface area (Å²) in [4.78, 5) is 42.5. The summed E-state index contributed by atoms with van der Waals surface area (Å²) in [5.41, 5.74) is 6.24. The quantitative estimate of drug-likeness (QED) is 0.690. The average molecular weight is 397 g/mol. The third-order valence-corrected chi connectivity index (χ3v) is 4.81. The Kier molecular flexibility index (Phi) is 5.15. The van der Waals surface area contributed by atoms with Gasteiger partial charge in [0.15, 0.2) is 5.65 Å². The van der Waals surface area contributed by atoms with Gasteiger partial charge in [0.05, 0.1) is 23.7 Å². The number of carbonyl (C=O) groups is 1. The zero-order valence-electron chi connectivity index (χ0n) is 16.9. The maximum atomic E-state index is 13.2. The van der Waals surface area contributed by atoms with E-state index in [2.05, 4.69) is 10.3 Å². The number of nitrogens with zero attached hydrogens (tertiary/aromatic N) is 3. The molecular weight excluding hydrogens is 374 g/mol. The molecule has 0 saturated heterocycles. The average Bonchev–Trinajstić information content (AvgIpc) is 2.69. The Morgan fingerprint density at radius 1 is 1.17 bits per heavy atom. The zero-order valence-corrected chi connectivity index (χ0v) is 16.9. The monoisotopic (exact) mass is 397 g/mol. The molecule has 0 fully saturated rings. The maximum Gasteiger partial charge on any atom is 0.332 e. The van der Waals surface area contributed by atoms with Crippen LogP contribution in [0.5, 0.6) is 5.75 Å². The molecule has 29 heavy (non-hydrogen) atoms. The van der Waals surface area contributed by atoms with Gasteiger partial charge in [-0.2, -0.15) is 0 Å². The predicted octanol–water partition coefficient (Wildman–Crippen LogP) is 1.60. The lowest BCUT2D eigenvalue weighted by atomic mass is 9.94. The van der Waals surface area contributed by atoms with E-state index in [4.69, 9.17) is 10.5 Å². The number of carbonyl (C=O) groups excluding carboxylic acids is 1. The van der Waals surface area contributed by atoms with Crippen LogP contribution in [0.2, 0.25) is 0 Å². The second-order valence-electron chi connectivity index (χ2n) is 7.00. The number of aryl methyl sites for hydroxylation is 1. The van der Waals surface area contributed by atoms with Gasteiger partial charge in [-0.1, -0.05) is 26.0 Å². The summed E-state index contributed by atoms with van der Waals surface area (Å²) in [5.74, 6) is -0.318. The van der Waals surface area contributed by atoms with E-state index in [1.54, 1.807) is 24.3 Å². The molecule has 0 unspecified atom stereocenters. The first-order valence-corrected chi connectivity index (χ1v) is 9.02. The number of aromatic nitrogens is 3. The summed E-state index contributed by atoms with van der Waals surface area (Å²) in [7, 11) is 4.40. The second kappa shape index (κ2) is 7.42. The highest BCUT2D eigenvalue weighted by atomic mass is 16.5. The molecule has 0 saturated carbocycles. The molecule has 3 aromatic rings. The number of pyridine rings is 1. The SMILES string of the molecule is COc1ccccc1NC(=O)c1c(N)nc2c(c1C(C)C)c(=O)n(C)c(=O)n2C. The Morgan fingerprint density at radius 2 is 1.83 bits per heavy atom. The first kappa shape index (κ1) is 20.1. The van der Waals surface area contributed by atoms with Gasteiger partial charge in [-0.3, -0.25) is 18.7 Å². The lowest BCUT2D eigenvalue weighted by Crippen LogP contribution is -2.38. The number of amides is 1. The molecule has 2 heterocycles. The van der Waals surface area contributed by atoms with Crippen LogP contribution in [0, 0.1) is 0 Å². The minimum absolute atomic E-state index is 0.0585. The molecule has 3 rings (SSSR count). The number of nitrogens with two attached hydrogens (primary N) is 1. The Bertz CT molecular complexity index is 1240. The second-order valence-corrected chi connectivity index (χ2v) is 7.00. The van der Waals surface area contributed by atoms with Crippen molar-refractivity contribution in [2.24, 2.45) is 14.1 Å². The molecule has 0 radical (unpaired) electrons. The molecule has 0 bridgehead atoms. The molecule has 1 aromatic carbocycles. The highest BCUT2D eigenvalue weighted by Gasteiger charge is 2.26. The fourth-order valence-corrected chi connectivity index (χ4v) is 3.38. The Morgan fingerprint density at radius 3 is 2.45 bits per heavy atom. The van der Waals surface area contributed by atoms with E-state index in [1.165, 1.54) is 25.8 Å². The highest BCUT2D eigenvalue weighted by Crippen LogP contribution is 2.31. The topological polar surface area (TPSA) is 121 Å². The summed E-state index contributed by atoms with van der Waals surface area (Å²) in [6, 6.07) is 6.95. The van der Waals surface area contributed by atoms with Crippen molar-refractivity contribution in [3.8, 4) is 5.75 Å². The predicted molar refractivity (Wildman–Crippen MR) is 112 cm³/mol. The normalized spacial score (nSPS) is 11.1. The molecule has 0 spiro atoms. The number of ether oxygens (including phenoxy) is 1. The summed E-state index contributed by atoms with van der Waals surface area (Å²) in [6.45, 7) is 3.69. The van der Waals surface area contributed by atoms with E-state index in [0.29, 0.717) is 17.0 Å². The third-order valence-electron chi connectivity index (χ3n) is 4.81. The van der Waals surface area contributed by atoms with Crippen molar-refractivity contribution in [1.29, 1.82) is 0 Å². The van der Waals surface area contributed by atoms with Crippen molar-refractivity contribution >= 4 is 28.4 Å². The van der Waals surface area contributed by atoms with Crippen LogP contribution in [0.25, 0.3) is 11.0 Å². The lowest BCUT2D eigenvalue weighted by molar-refractivity contribution is 0.102. The fraction of sp³-hybridized carbons (Fsp3) is 0.300.